The van der Waals surface area contributed by atoms with Gasteiger partial charge in [0.25, 0.3) is 0 Å². The maximum Gasteiger partial charge on any atom is 0.117 e. The van der Waals surface area contributed by atoms with Crippen molar-refractivity contribution in [2.45, 2.75) is 56.4 Å². The molecule has 1 saturated heterocycles. The van der Waals surface area contributed by atoms with Gasteiger partial charge in [-0.3, -0.25) is 0 Å². The Labute approximate surface area is 99.7 Å². The summed E-state index contributed by atoms with van der Waals surface area (Å²) in [4.78, 5) is 0. The van der Waals surface area contributed by atoms with Crippen molar-refractivity contribution in [2.75, 3.05) is 6.61 Å². The van der Waals surface area contributed by atoms with Crippen molar-refractivity contribution in [1.82, 2.24) is 0 Å². The largest absolute Gasteiger partial charge is 0.386 e. The highest BCUT2D eigenvalue weighted by molar-refractivity contribution is 5.37. The fraction of sp³-hybridized carbons (Fsp3) is 0.833. The minimum absolute atomic E-state index is 0.280. The molecule has 0 amide bonds. The van der Waals surface area contributed by atoms with Gasteiger partial charge in [0.15, 0.2) is 0 Å². The number of ether oxygens (including phenoxy) is 2. The maximum absolute atomic E-state index is 10.2. The molecule has 3 rings (SSSR count). The molecule has 3 aliphatic rings. The topological polar surface area (TPSA) is 82.5 Å². The molecule has 17 heavy (non-hydrogen) atoms. The van der Waals surface area contributed by atoms with E-state index in [0.29, 0.717) is 11.1 Å². The van der Waals surface area contributed by atoms with Gasteiger partial charge in [0.2, 0.25) is 0 Å². The van der Waals surface area contributed by atoms with Gasteiger partial charge >= 0.3 is 0 Å². The normalized spacial score (nSPS) is 48.7. The van der Waals surface area contributed by atoms with Crippen molar-refractivity contribution in [1.29, 1.82) is 0 Å². The summed E-state index contributed by atoms with van der Waals surface area (Å²) in [6.45, 7) is 2.30. The smallest absolute Gasteiger partial charge is 0.117 e. The minimum Gasteiger partial charge on any atom is -0.386 e. The summed E-state index contributed by atoms with van der Waals surface area (Å²) in [7, 11) is 0. The zero-order valence-electron chi connectivity index (χ0n) is 9.74. The van der Waals surface area contributed by atoms with Gasteiger partial charge in [-0.2, -0.15) is 0 Å². The van der Waals surface area contributed by atoms with Crippen LogP contribution < -0.4 is 0 Å². The third-order valence-electron chi connectivity index (χ3n) is 3.93. The number of hydrogen-bond donors (Lipinski definition) is 3. The van der Waals surface area contributed by atoms with Crippen molar-refractivity contribution < 1.29 is 24.8 Å². The second-order valence-electron chi connectivity index (χ2n) is 5.02. The summed E-state index contributed by atoms with van der Waals surface area (Å²) in [5, 5.41) is 30.3. The number of hydrogen-bond acceptors (Lipinski definition) is 5. The van der Waals surface area contributed by atoms with Crippen LogP contribution in [0.25, 0.3) is 0 Å². The molecule has 1 unspecified atom stereocenters. The predicted octanol–water partition coefficient (Wildman–Crippen LogP) is -0.654. The lowest BCUT2D eigenvalue weighted by Crippen LogP contribution is -2.48. The highest BCUT2D eigenvalue weighted by Gasteiger charge is 2.58. The van der Waals surface area contributed by atoms with Gasteiger partial charge in [-0.1, -0.05) is 13.3 Å². The molecule has 3 N–H and O–H groups in total. The molecule has 1 aliphatic carbocycles. The van der Waals surface area contributed by atoms with Crippen LogP contribution in [0.4, 0.5) is 0 Å². The lowest BCUT2D eigenvalue weighted by atomic mass is 9.81. The molecule has 6 atom stereocenters. The first-order valence-electron chi connectivity index (χ1n) is 6.19. The third-order valence-corrected chi connectivity index (χ3v) is 3.93. The van der Waals surface area contributed by atoms with Crippen molar-refractivity contribution in [3.8, 4) is 0 Å². The molecule has 0 saturated carbocycles. The Morgan fingerprint density at radius 1 is 1.12 bits per heavy atom. The van der Waals surface area contributed by atoms with Crippen molar-refractivity contribution >= 4 is 0 Å². The molecule has 0 bridgehead atoms. The van der Waals surface area contributed by atoms with Crippen molar-refractivity contribution in [3.05, 3.63) is 11.1 Å². The van der Waals surface area contributed by atoms with Crippen LogP contribution in [0.1, 0.15) is 19.8 Å². The Hall–Kier alpha value is -0.460. The number of fused-ring (bicyclic) bond motifs is 1. The second-order valence-corrected chi connectivity index (χ2v) is 5.02. The van der Waals surface area contributed by atoms with Gasteiger partial charge in [-0.05, 0) is 17.6 Å². The molecule has 0 spiro atoms. The third kappa shape index (κ3) is 1.65. The molecule has 2 heterocycles. The van der Waals surface area contributed by atoms with Crippen LogP contribution in [0.3, 0.4) is 0 Å². The summed E-state index contributed by atoms with van der Waals surface area (Å²) >= 11 is 0. The summed E-state index contributed by atoms with van der Waals surface area (Å²) in [5.74, 6) is 0. The first kappa shape index (κ1) is 11.6. The van der Waals surface area contributed by atoms with Gasteiger partial charge in [0.05, 0.1) is 12.7 Å². The van der Waals surface area contributed by atoms with E-state index < -0.39 is 18.3 Å². The fourth-order valence-corrected chi connectivity index (χ4v) is 2.93. The molecule has 2 aliphatic heterocycles. The Balaban J connectivity index is 1.89. The van der Waals surface area contributed by atoms with Crippen LogP contribution in [-0.2, 0) is 9.47 Å². The van der Waals surface area contributed by atoms with Gasteiger partial charge in [-0.15, -0.1) is 0 Å². The molecule has 1 fully saturated rings. The molecule has 0 aromatic rings. The molecule has 0 radical (unpaired) electrons. The average molecular weight is 242 g/mol. The molecule has 5 nitrogen and oxygen atoms in total. The lowest BCUT2D eigenvalue weighted by molar-refractivity contribution is -0.0522. The zero-order valence-corrected chi connectivity index (χ0v) is 9.74. The summed E-state index contributed by atoms with van der Waals surface area (Å²) in [5.41, 5.74) is 1.14. The van der Waals surface area contributed by atoms with Crippen LogP contribution >= 0.6 is 0 Å². The van der Waals surface area contributed by atoms with Crippen LogP contribution in [0.5, 0.6) is 0 Å². The maximum atomic E-state index is 10.2. The molecule has 0 aromatic carbocycles. The van der Waals surface area contributed by atoms with E-state index in [1.54, 1.807) is 0 Å². The monoisotopic (exact) mass is 242 g/mol. The SMILES string of the molecule is CCC[C@H]1OCC2=C([C@H]1O)[C@H](O)[C@H]1OC1[C@@H]2O. The van der Waals surface area contributed by atoms with E-state index >= 15 is 0 Å². The minimum atomic E-state index is -0.825. The van der Waals surface area contributed by atoms with Gasteiger partial charge < -0.3 is 24.8 Å². The summed E-state index contributed by atoms with van der Waals surface area (Å²) < 4.78 is 10.8. The Bertz CT molecular complexity index is 353. The molecule has 0 aromatic heterocycles. The number of rotatable bonds is 2. The Morgan fingerprint density at radius 3 is 2.53 bits per heavy atom. The van der Waals surface area contributed by atoms with Gasteiger partial charge in [-0.25, -0.2) is 0 Å². The Kier molecular flexibility index (Phi) is 2.76. The Morgan fingerprint density at radius 2 is 1.82 bits per heavy atom. The van der Waals surface area contributed by atoms with E-state index in [-0.39, 0.29) is 24.9 Å². The fourth-order valence-electron chi connectivity index (χ4n) is 2.93. The highest BCUT2D eigenvalue weighted by atomic mass is 16.6. The average Bonchev–Trinajstić information content (AvgIpc) is 3.09. The van der Waals surface area contributed by atoms with Crippen LogP contribution in [0.2, 0.25) is 0 Å². The number of aliphatic hydroxyl groups is 3. The van der Waals surface area contributed by atoms with Crippen molar-refractivity contribution in [2.24, 2.45) is 0 Å². The van der Waals surface area contributed by atoms with E-state index in [4.69, 9.17) is 9.47 Å². The first-order valence-corrected chi connectivity index (χ1v) is 6.19. The van der Waals surface area contributed by atoms with E-state index in [2.05, 4.69) is 0 Å². The summed E-state index contributed by atoms with van der Waals surface area (Å²) in [6, 6.07) is 0. The number of aliphatic hydroxyl groups excluding tert-OH is 3. The first-order chi connectivity index (χ1) is 8.15. The predicted molar refractivity (Wildman–Crippen MR) is 58.4 cm³/mol. The molecule has 96 valence electrons. The van der Waals surface area contributed by atoms with Gasteiger partial charge in [0.1, 0.15) is 30.5 Å². The van der Waals surface area contributed by atoms with E-state index in [0.717, 1.165) is 12.8 Å². The van der Waals surface area contributed by atoms with E-state index in [1.807, 2.05) is 6.92 Å². The number of epoxide rings is 1. The van der Waals surface area contributed by atoms with Crippen LogP contribution in [0, 0.1) is 0 Å². The van der Waals surface area contributed by atoms with E-state index in [9.17, 15) is 15.3 Å². The molecular weight excluding hydrogens is 224 g/mol. The second kappa shape index (κ2) is 4.03. The van der Waals surface area contributed by atoms with Crippen molar-refractivity contribution in [3.63, 3.8) is 0 Å². The molecule has 5 heteroatoms. The molecular formula is C12H18O5. The quantitative estimate of drug-likeness (QED) is 0.442. The van der Waals surface area contributed by atoms with E-state index in [1.165, 1.54) is 0 Å². The summed E-state index contributed by atoms with van der Waals surface area (Å²) in [6.07, 6.45) is -1.65. The van der Waals surface area contributed by atoms with Crippen LogP contribution in [0.15, 0.2) is 11.1 Å². The van der Waals surface area contributed by atoms with Gasteiger partial charge in [0, 0.05) is 0 Å². The standard InChI is InChI=1S/C12H18O5/c1-2-3-6-9(14)7-5(4-16-6)8(13)11-12(17-11)10(7)15/h6,8-15H,2-4H2,1H3/t6-,8-,9+,10+,11?,12-/m1/s1. The highest BCUT2D eigenvalue weighted by Crippen LogP contribution is 2.44. The lowest BCUT2D eigenvalue weighted by Gasteiger charge is -2.37. The zero-order chi connectivity index (χ0) is 12.2. The van der Waals surface area contributed by atoms with Crippen LogP contribution in [-0.4, -0.2) is 58.6 Å².